The molecule has 1 heterocycles. The molecule has 0 saturated heterocycles. The first kappa shape index (κ1) is 20.3. The topological polar surface area (TPSA) is 70.1 Å². The minimum Gasteiger partial charge on any atom is -0.288 e. The highest BCUT2D eigenvalue weighted by atomic mass is 35.5. The quantitative estimate of drug-likeness (QED) is 0.630. The van der Waals surface area contributed by atoms with Crippen LogP contribution in [0, 0.1) is 0 Å². The zero-order valence-corrected chi connectivity index (χ0v) is 17.1. The van der Waals surface area contributed by atoms with Crippen molar-refractivity contribution in [1.82, 2.24) is 4.90 Å². The van der Waals surface area contributed by atoms with Crippen molar-refractivity contribution in [3.8, 4) is 0 Å². The number of halogens is 3. The van der Waals surface area contributed by atoms with E-state index in [1.807, 2.05) is 0 Å². The lowest BCUT2D eigenvalue weighted by atomic mass is 10.0. The van der Waals surface area contributed by atoms with Crippen molar-refractivity contribution in [1.29, 1.82) is 0 Å². The summed E-state index contributed by atoms with van der Waals surface area (Å²) in [4.78, 5) is 38.1. The summed E-state index contributed by atoms with van der Waals surface area (Å²) in [6.45, 7) is 3.10. The predicted molar refractivity (Wildman–Crippen MR) is 110 cm³/mol. The Morgan fingerprint density at radius 2 is 1.61 bits per heavy atom. The maximum absolute atomic E-state index is 12.8. The summed E-state index contributed by atoms with van der Waals surface area (Å²) < 4.78 is 0. The van der Waals surface area contributed by atoms with E-state index in [9.17, 15) is 14.4 Å². The Morgan fingerprint density at radius 3 is 2.14 bits per heavy atom. The minimum absolute atomic E-state index is 0.0584. The van der Waals surface area contributed by atoms with Gasteiger partial charge >= 0.3 is 6.03 Å². The zero-order valence-electron chi connectivity index (χ0n) is 14.9. The Hall–Kier alpha value is -2.41. The van der Waals surface area contributed by atoms with E-state index >= 15 is 0 Å². The van der Waals surface area contributed by atoms with Crippen molar-refractivity contribution < 1.29 is 14.4 Å². The van der Waals surface area contributed by atoms with E-state index in [0.717, 1.165) is 9.91 Å². The van der Waals surface area contributed by atoms with E-state index in [0.29, 0.717) is 16.3 Å². The molecule has 0 spiro atoms. The summed E-state index contributed by atoms with van der Waals surface area (Å²) in [6, 6.07) is 8.51. The maximum Gasteiger partial charge on any atom is 0.352 e. The summed E-state index contributed by atoms with van der Waals surface area (Å²) in [5.74, 6) is -0.788. The molecule has 0 unspecified atom stereocenters. The van der Waals surface area contributed by atoms with Crippen LogP contribution < -0.4 is 5.01 Å². The SMILES string of the molecule is CC(=O)N1CC(C)=NN(c2cc(Cl)c(C(=O)c3ccc(Cl)cc3)c(Cl)c2)C1=O. The molecule has 28 heavy (non-hydrogen) atoms. The van der Waals surface area contributed by atoms with Gasteiger partial charge in [-0.15, -0.1) is 0 Å². The van der Waals surface area contributed by atoms with Crippen LogP contribution in [0.4, 0.5) is 10.5 Å². The van der Waals surface area contributed by atoms with Crippen molar-refractivity contribution in [2.75, 3.05) is 11.6 Å². The molecule has 3 amide bonds. The molecule has 0 bridgehead atoms. The van der Waals surface area contributed by atoms with Crippen molar-refractivity contribution in [3.05, 3.63) is 62.6 Å². The third-order valence-corrected chi connectivity index (χ3v) is 4.90. The van der Waals surface area contributed by atoms with Gasteiger partial charge in [0, 0.05) is 17.5 Å². The fourth-order valence-electron chi connectivity index (χ4n) is 2.71. The van der Waals surface area contributed by atoms with E-state index in [1.165, 1.54) is 19.1 Å². The van der Waals surface area contributed by atoms with E-state index in [2.05, 4.69) is 5.10 Å². The third kappa shape index (κ3) is 3.90. The monoisotopic (exact) mass is 437 g/mol. The van der Waals surface area contributed by atoms with Gasteiger partial charge in [0.05, 0.1) is 33.6 Å². The van der Waals surface area contributed by atoms with Gasteiger partial charge in [-0.1, -0.05) is 34.8 Å². The molecule has 0 fully saturated rings. The van der Waals surface area contributed by atoms with Crippen molar-refractivity contribution in [3.63, 3.8) is 0 Å². The van der Waals surface area contributed by atoms with Crippen LogP contribution in [0.1, 0.15) is 29.8 Å². The average Bonchev–Trinajstić information content (AvgIpc) is 2.63. The van der Waals surface area contributed by atoms with Crippen LogP contribution in [0.2, 0.25) is 15.1 Å². The Kier molecular flexibility index (Phi) is 5.74. The fraction of sp³-hybridized carbons (Fsp3) is 0.158. The zero-order chi connectivity index (χ0) is 20.6. The van der Waals surface area contributed by atoms with E-state index in [-0.39, 0.29) is 33.6 Å². The van der Waals surface area contributed by atoms with E-state index in [1.54, 1.807) is 31.2 Å². The molecule has 0 saturated carbocycles. The number of carbonyl (C=O) groups is 3. The van der Waals surface area contributed by atoms with Crippen LogP contribution in [0.3, 0.4) is 0 Å². The Bertz CT molecular complexity index is 996. The smallest absolute Gasteiger partial charge is 0.288 e. The summed E-state index contributed by atoms with van der Waals surface area (Å²) >= 11 is 18.5. The molecule has 1 aliphatic rings. The number of anilines is 1. The van der Waals surface area contributed by atoms with Crippen LogP contribution in [-0.4, -0.2) is 34.9 Å². The normalized spacial score (nSPS) is 14.2. The predicted octanol–water partition coefficient (Wildman–Crippen LogP) is 5.04. The number of rotatable bonds is 3. The molecule has 0 aromatic heterocycles. The number of hydrogen-bond donors (Lipinski definition) is 0. The standard InChI is InChI=1S/C19H14Cl3N3O3/c1-10-9-24(11(2)26)19(28)25(23-10)14-7-15(21)17(16(22)8-14)18(27)12-3-5-13(20)6-4-12/h3-8H,9H2,1-2H3. The summed E-state index contributed by atoms with van der Waals surface area (Å²) in [7, 11) is 0. The number of urea groups is 1. The Morgan fingerprint density at radius 1 is 1.04 bits per heavy atom. The van der Waals surface area contributed by atoms with Crippen molar-refractivity contribution in [2.45, 2.75) is 13.8 Å². The number of amides is 3. The van der Waals surface area contributed by atoms with Crippen LogP contribution in [0.5, 0.6) is 0 Å². The number of hydrazone groups is 1. The van der Waals surface area contributed by atoms with Crippen LogP contribution in [-0.2, 0) is 4.79 Å². The molecular weight excluding hydrogens is 425 g/mol. The first-order valence-electron chi connectivity index (χ1n) is 8.14. The van der Waals surface area contributed by atoms with Gasteiger partial charge in [0.25, 0.3) is 0 Å². The Labute approximate surface area is 176 Å². The molecule has 6 nitrogen and oxygen atoms in total. The number of nitrogens with zero attached hydrogens (tertiary/aromatic N) is 3. The van der Waals surface area contributed by atoms with Gasteiger partial charge in [-0.2, -0.15) is 10.1 Å². The lowest BCUT2D eigenvalue weighted by Crippen LogP contribution is -2.49. The van der Waals surface area contributed by atoms with Crippen molar-refractivity contribution >= 4 is 63.9 Å². The summed E-state index contributed by atoms with van der Waals surface area (Å²) in [6.07, 6.45) is 0. The van der Waals surface area contributed by atoms with E-state index < -0.39 is 11.9 Å². The van der Waals surface area contributed by atoms with Gasteiger partial charge in [0.2, 0.25) is 5.91 Å². The van der Waals surface area contributed by atoms with Gasteiger partial charge < -0.3 is 0 Å². The first-order valence-corrected chi connectivity index (χ1v) is 9.28. The highest BCUT2D eigenvalue weighted by Crippen LogP contribution is 2.34. The van der Waals surface area contributed by atoms with Gasteiger partial charge in [-0.05, 0) is 43.3 Å². The van der Waals surface area contributed by atoms with Gasteiger partial charge in [-0.3, -0.25) is 14.5 Å². The summed E-state index contributed by atoms with van der Waals surface area (Å²) in [5.41, 5.74) is 1.27. The molecule has 1 aliphatic heterocycles. The molecule has 3 rings (SSSR count). The molecular formula is C19H14Cl3N3O3. The second kappa shape index (κ2) is 7.91. The minimum atomic E-state index is -0.623. The van der Waals surface area contributed by atoms with Crippen LogP contribution in [0.25, 0.3) is 0 Å². The molecule has 0 atom stereocenters. The molecule has 0 N–H and O–H groups in total. The average molecular weight is 439 g/mol. The second-order valence-electron chi connectivity index (χ2n) is 6.16. The molecule has 2 aromatic carbocycles. The van der Waals surface area contributed by atoms with Crippen LogP contribution >= 0.6 is 34.8 Å². The number of imide groups is 1. The Balaban J connectivity index is 2.01. The molecule has 9 heteroatoms. The molecule has 144 valence electrons. The molecule has 2 aromatic rings. The highest BCUT2D eigenvalue weighted by molar-refractivity contribution is 6.41. The number of hydrogen-bond acceptors (Lipinski definition) is 4. The highest BCUT2D eigenvalue weighted by Gasteiger charge is 2.31. The molecule has 0 aliphatic carbocycles. The van der Waals surface area contributed by atoms with Crippen molar-refractivity contribution in [2.24, 2.45) is 5.10 Å². The van der Waals surface area contributed by atoms with Gasteiger partial charge in [0.1, 0.15) is 0 Å². The third-order valence-electron chi connectivity index (χ3n) is 4.05. The fourth-order valence-corrected chi connectivity index (χ4v) is 3.49. The van der Waals surface area contributed by atoms with Gasteiger partial charge in [0.15, 0.2) is 5.78 Å². The van der Waals surface area contributed by atoms with Gasteiger partial charge in [-0.25, -0.2) is 4.79 Å². The molecule has 0 radical (unpaired) electrons. The van der Waals surface area contributed by atoms with Crippen LogP contribution in [0.15, 0.2) is 41.5 Å². The lowest BCUT2D eigenvalue weighted by Gasteiger charge is -2.30. The largest absolute Gasteiger partial charge is 0.352 e. The second-order valence-corrected chi connectivity index (χ2v) is 7.41. The van der Waals surface area contributed by atoms with E-state index in [4.69, 9.17) is 34.8 Å². The number of ketones is 1. The summed E-state index contributed by atoms with van der Waals surface area (Å²) in [5, 5.41) is 5.83. The lowest BCUT2D eigenvalue weighted by molar-refractivity contribution is -0.125. The first-order chi connectivity index (χ1) is 13.2. The maximum atomic E-state index is 12.8. The number of benzene rings is 2. The number of carbonyl (C=O) groups excluding carboxylic acids is 3.